The lowest BCUT2D eigenvalue weighted by Gasteiger charge is -2.16. The van der Waals surface area contributed by atoms with Crippen molar-refractivity contribution in [2.24, 2.45) is 0 Å². The number of hydrogen-bond donors (Lipinski definition) is 2. The van der Waals surface area contributed by atoms with Gasteiger partial charge in [0.05, 0.1) is 10.7 Å². The van der Waals surface area contributed by atoms with Gasteiger partial charge in [0.1, 0.15) is 11.7 Å². The second-order valence-electron chi connectivity index (χ2n) is 6.12. The molecule has 0 saturated carbocycles. The minimum absolute atomic E-state index is 0.175. The Morgan fingerprint density at radius 3 is 2.54 bits per heavy atom. The van der Waals surface area contributed by atoms with Gasteiger partial charge >= 0.3 is 0 Å². The van der Waals surface area contributed by atoms with Crippen molar-refractivity contribution in [1.29, 1.82) is 0 Å². The van der Waals surface area contributed by atoms with E-state index in [4.69, 9.17) is 0 Å². The number of aryl methyl sites for hydroxylation is 1. The molecule has 0 radical (unpaired) electrons. The van der Waals surface area contributed by atoms with E-state index in [-0.39, 0.29) is 11.8 Å². The summed E-state index contributed by atoms with van der Waals surface area (Å²) in [6.07, 6.45) is 5.60. The number of halogens is 1. The zero-order valence-electron chi connectivity index (χ0n) is 15.6. The highest BCUT2D eigenvalue weighted by atomic mass is 79.9. The van der Waals surface area contributed by atoms with Crippen LogP contribution >= 0.6 is 15.9 Å². The standard InChI is InChI=1S/C19H21BrN6O2/c1-3-16(26-12-13(20)11-22-26)18(27)23-14-6-5-7-15(10-14)24-19(28)17-8-9-21-25(17)4-2/h5-12,16H,3-4H2,1-2H3,(H,23,27)(H,24,28). The molecular formula is C19H21BrN6O2. The second-order valence-corrected chi connectivity index (χ2v) is 7.03. The third-order valence-corrected chi connectivity index (χ3v) is 4.62. The fourth-order valence-electron chi connectivity index (χ4n) is 2.85. The van der Waals surface area contributed by atoms with Crippen molar-refractivity contribution in [2.75, 3.05) is 10.6 Å². The fraction of sp³-hybridized carbons (Fsp3) is 0.263. The monoisotopic (exact) mass is 444 g/mol. The molecule has 8 nitrogen and oxygen atoms in total. The van der Waals surface area contributed by atoms with Crippen molar-refractivity contribution in [1.82, 2.24) is 19.6 Å². The maximum absolute atomic E-state index is 12.7. The Morgan fingerprint density at radius 2 is 1.89 bits per heavy atom. The van der Waals surface area contributed by atoms with Crippen LogP contribution in [0.1, 0.15) is 36.8 Å². The lowest BCUT2D eigenvalue weighted by Crippen LogP contribution is -2.26. The number of anilines is 2. The summed E-state index contributed by atoms with van der Waals surface area (Å²) in [5.74, 6) is -0.429. The van der Waals surface area contributed by atoms with Crippen molar-refractivity contribution in [3.8, 4) is 0 Å². The van der Waals surface area contributed by atoms with Crippen LogP contribution in [-0.2, 0) is 11.3 Å². The van der Waals surface area contributed by atoms with Crippen LogP contribution in [0.25, 0.3) is 0 Å². The van der Waals surface area contributed by atoms with Crippen LogP contribution in [0, 0.1) is 0 Å². The number of nitrogens with zero attached hydrogens (tertiary/aromatic N) is 4. The van der Waals surface area contributed by atoms with Gasteiger partial charge in [-0.1, -0.05) is 13.0 Å². The Hall–Kier alpha value is -2.94. The number of hydrogen-bond acceptors (Lipinski definition) is 4. The summed E-state index contributed by atoms with van der Waals surface area (Å²) < 4.78 is 4.06. The highest BCUT2D eigenvalue weighted by Gasteiger charge is 2.20. The van der Waals surface area contributed by atoms with E-state index in [0.29, 0.717) is 30.0 Å². The molecule has 0 aliphatic carbocycles. The van der Waals surface area contributed by atoms with Crippen molar-refractivity contribution >= 4 is 39.1 Å². The number of rotatable bonds is 7. The summed E-state index contributed by atoms with van der Waals surface area (Å²) in [7, 11) is 0. The summed E-state index contributed by atoms with van der Waals surface area (Å²) in [6, 6.07) is 8.27. The van der Waals surface area contributed by atoms with Gasteiger partial charge in [0, 0.05) is 30.3 Å². The first-order chi connectivity index (χ1) is 13.5. The van der Waals surface area contributed by atoms with Gasteiger partial charge in [-0.15, -0.1) is 0 Å². The molecule has 2 aromatic heterocycles. The number of nitrogens with one attached hydrogen (secondary N) is 2. The normalized spacial score (nSPS) is 11.8. The summed E-state index contributed by atoms with van der Waals surface area (Å²) in [6.45, 7) is 4.45. The molecule has 146 valence electrons. The molecule has 3 aromatic rings. The molecule has 0 saturated heterocycles. The van der Waals surface area contributed by atoms with Gasteiger partial charge in [0.2, 0.25) is 5.91 Å². The number of benzene rings is 1. The number of carbonyl (C=O) groups excluding carboxylic acids is 2. The van der Waals surface area contributed by atoms with Crippen LogP contribution < -0.4 is 10.6 Å². The molecule has 1 unspecified atom stereocenters. The van der Waals surface area contributed by atoms with Gasteiger partial charge in [-0.05, 0) is 53.5 Å². The predicted octanol–water partition coefficient (Wildman–Crippen LogP) is 3.70. The smallest absolute Gasteiger partial charge is 0.273 e. The Balaban J connectivity index is 1.70. The van der Waals surface area contributed by atoms with Crippen LogP contribution in [-0.4, -0.2) is 31.4 Å². The van der Waals surface area contributed by atoms with E-state index in [1.165, 1.54) is 0 Å². The summed E-state index contributed by atoms with van der Waals surface area (Å²) >= 11 is 3.34. The van der Waals surface area contributed by atoms with Crippen molar-refractivity contribution in [3.05, 3.63) is 59.1 Å². The molecule has 0 aliphatic rings. The third kappa shape index (κ3) is 4.48. The highest BCUT2D eigenvalue weighted by Crippen LogP contribution is 2.20. The van der Waals surface area contributed by atoms with Gasteiger partial charge in [-0.2, -0.15) is 10.2 Å². The van der Waals surface area contributed by atoms with Gasteiger partial charge in [0.25, 0.3) is 5.91 Å². The molecule has 3 rings (SSSR count). The number of amides is 2. The summed E-state index contributed by atoms with van der Waals surface area (Å²) in [5.41, 5.74) is 1.66. The van der Waals surface area contributed by atoms with Crippen LogP contribution in [0.3, 0.4) is 0 Å². The lowest BCUT2D eigenvalue weighted by molar-refractivity contribution is -0.119. The van der Waals surface area contributed by atoms with Crippen LogP contribution in [0.15, 0.2) is 53.4 Å². The molecule has 2 heterocycles. The first-order valence-electron chi connectivity index (χ1n) is 8.95. The molecule has 1 atom stereocenters. The molecule has 0 aliphatic heterocycles. The second kappa shape index (κ2) is 8.83. The van der Waals surface area contributed by atoms with Crippen LogP contribution in [0.4, 0.5) is 11.4 Å². The minimum Gasteiger partial charge on any atom is -0.324 e. The van der Waals surface area contributed by atoms with Crippen molar-refractivity contribution in [3.63, 3.8) is 0 Å². The van der Waals surface area contributed by atoms with Crippen molar-refractivity contribution < 1.29 is 9.59 Å². The van der Waals surface area contributed by atoms with Gasteiger partial charge in [-0.25, -0.2) is 0 Å². The maximum Gasteiger partial charge on any atom is 0.273 e. The van der Waals surface area contributed by atoms with Gasteiger partial charge in [0.15, 0.2) is 0 Å². The SMILES string of the molecule is CCC(C(=O)Nc1cccc(NC(=O)c2ccnn2CC)c1)n1cc(Br)cn1. The third-order valence-electron chi connectivity index (χ3n) is 4.22. The Bertz CT molecular complexity index is 980. The minimum atomic E-state index is -0.427. The van der Waals surface area contributed by atoms with Crippen LogP contribution in [0.2, 0.25) is 0 Å². The van der Waals surface area contributed by atoms with E-state index in [1.54, 1.807) is 58.3 Å². The largest absolute Gasteiger partial charge is 0.324 e. The average Bonchev–Trinajstić information content (AvgIpc) is 3.31. The van der Waals surface area contributed by atoms with Crippen LogP contribution in [0.5, 0.6) is 0 Å². The fourth-order valence-corrected chi connectivity index (χ4v) is 3.15. The highest BCUT2D eigenvalue weighted by molar-refractivity contribution is 9.10. The topological polar surface area (TPSA) is 93.8 Å². The first-order valence-corrected chi connectivity index (χ1v) is 9.74. The lowest BCUT2D eigenvalue weighted by atomic mass is 10.2. The molecule has 0 spiro atoms. The molecule has 2 amide bonds. The molecule has 1 aromatic carbocycles. The van der Waals surface area contributed by atoms with Gasteiger partial charge in [-0.3, -0.25) is 19.0 Å². The molecule has 0 fully saturated rings. The average molecular weight is 445 g/mol. The summed E-state index contributed by atoms with van der Waals surface area (Å²) in [4.78, 5) is 25.1. The van der Waals surface area contributed by atoms with E-state index in [2.05, 4.69) is 36.8 Å². The Kier molecular flexibility index (Phi) is 6.25. The zero-order chi connectivity index (χ0) is 20.1. The van der Waals surface area contributed by atoms with Crippen molar-refractivity contribution in [2.45, 2.75) is 32.9 Å². The van der Waals surface area contributed by atoms with E-state index < -0.39 is 6.04 Å². The molecule has 9 heteroatoms. The molecule has 2 N–H and O–H groups in total. The summed E-state index contributed by atoms with van der Waals surface area (Å²) in [5, 5.41) is 14.0. The molecule has 28 heavy (non-hydrogen) atoms. The Labute approximate surface area is 171 Å². The number of carbonyl (C=O) groups is 2. The van der Waals surface area contributed by atoms with E-state index in [1.807, 2.05) is 13.8 Å². The zero-order valence-corrected chi connectivity index (χ0v) is 17.2. The Morgan fingerprint density at radius 1 is 1.14 bits per heavy atom. The maximum atomic E-state index is 12.7. The quantitative estimate of drug-likeness (QED) is 0.580. The molecule has 0 bridgehead atoms. The van der Waals surface area contributed by atoms with E-state index in [0.717, 1.165) is 4.47 Å². The number of aromatic nitrogens is 4. The van der Waals surface area contributed by atoms with E-state index >= 15 is 0 Å². The van der Waals surface area contributed by atoms with Gasteiger partial charge < -0.3 is 10.6 Å². The predicted molar refractivity (Wildman–Crippen MR) is 110 cm³/mol. The van der Waals surface area contributed by atoms with E-state index in [9.17, 15) is 9.59 Å². The molecular weight excluding hydrogens is 424 g/mol. The first kappa shape index (κ1) is 19.8.